The molecule has 1 aromatic carbocycles. The Bertz CT molecular complexity index is 422. The second-order valence-corrected chi connectivity index (χ2v) is 5.48. The fourth-order valence-corrected chi connectivity index (χ4v) is 3.26. The molecule has 0 aliphatic heterocycles. The molecule has 1 amide bonds. The predicted molar refractivity (Wildman–Crippen MR) is 75.1 cm³/mol. The molecule has 0 aromatic heterocycles. The summed E-state index contributed by atoms with van der Waals surface area (Å²) in [4.78, 5) is 12.1. The topological polar surface area (TPSA) is 49.3 Å². The first-order valence-corrected chi connectivity index (χ1v) is 7.48. The summed E-state index contributed by atoms with van der Waals surface area (Å²) in [6.07, 6.45) is 4.63. The summed E-state index contributed by atoms with van der Waals surface area (Å²) in [7, 11) is 0. The Morgan fingerprint density at radius 3 is 2.89 bits per heavy atom. The lowest BCUT2D eigenvalue weighted by Gasteiger charge is -2.31. The number of alkyl halides is 1. The van der Waals surface area contributed by atoms with E-state index in [1.165, 1.54) is 18.9 Å². The van der Waals surface area contributed by atoms with Crippen molar-refractivity contribution in [2.75, 3.05) is 5.33 Å². The second kappa shape index (κ2) is 6.23. The third kappa shape index (κ3) is 3.25. The van der Waals surface area contributed by atoms with E-state index in [1.807, 2.05) is 0 Å². The minimum Gasteiger partial charge on any atom is -0.508 e. The van der Waals surface area contributed by atoms with Gasteiger partial charge in [0.2, 0.25) is 0 Å². The molecule has 2 N–H and O–H groups in total. The monoisotopic (exact) mass is 311 g/mol. The van der Waals surface area contributed by atoms with Gasteiger partial charge in [0.05, 0.1) is 0 Å². The van der Waals surface area contributed by atoms with Gasteiger partial charge in [-0.15, -0.1) is 0 Å². The number of rotatable bonds is 3. The molecule has 0 radical (unpaired) electrons. The van der Waals surface area contributed by atoms with Crippen LogP contribution < -0.4 is 5.32 Å². The molecule has 1 fully saturated rings. The SMILES string of the molecule is O=C(NC1CCCCC1CBr)c1cccc(O)c1. The van der Waals surface area contributed by atoms with Gasteiger partial charge in [0.1, 0.15) is 5.75 Å². The fourth-order valence-electron chi connectivity index (χ4n) is 2.48. The van der Waals surface area contributed by atoms with E-state index in [2.05, 4.69) is 21.2 Å². The smallest absolute Gasteiger partial charge is 0.251 e. The number of carbonyl (C=O) groups excluding carboxylic acids is 1. The van der Waals surface area contributed by atoms with Crippen molar-refractivity contribution >= 4 is 21.8 Å². The van der Waals surface area contributed by atoms with Gasteiger partial charge in [-0.3, -0.25) is 4.79 Å². The Morgan fingerprint density at radius 2 is 2.17 bits per heavy atom. The number of halogens is 1. The van der Waals surface area contributed by atoms with Crippen LogP contribution in [-0.4, -0.2) is 22.4 Å². The van der Waals surface area contributed by atoms with Crippen molar-refractivity contribution in [2.24, 2.45) is 5.92 Å². The van der Waals surface area contributed by atoms with Gasteiger partial charge in [-0.25, -0.2) is 0 Å². The summed E-state index contributed by atoms with van der Waals surface area (Å²) >= 11 is 3.52. The number of hydrogen-bond acceptors (Lipinski definition) is 2. The average molecular weight is 312 g/mol. The maximum atomic E-state index is 12.1. The van der Waals surface area contributed by atoms with Gasteiger partial charge >= 0.3 is 0 Å². The molecule has 2 atom stereocenters. The first kappa shape index (κ1) is 13.4. The van der Waals surface area contributed by atoms with Crippen molar-refractivity contribution in [3.05, 3.63) is 29.8 Å². The molecule has 1 aliphatic carbocycles. The quantitative estimate of drug-likeness (QED) is 0.843. The number of nitrogens with one attached hydrogen (secondary N) is 1. The van der Waals surface area contributed by atoms with E-state index in [1.54, 1.807) is 18.2 Å². The van der Waals surface area contributed by atoms with Crippen molar-refractivity contribution in [3.63, 3.8) is 0 Å². The molecule has 1 saturated carbocycles. The third-order valence-corrected chi connectivity index (χ3v) is 4.36. The molecule has 98 valence electrons. The molecule has 0 bridgehead atoms. The van der Waals surface area contributed by atoms with Crippen LogP contribution in [0.5, 0.6) is 5.75 Å². The van der Waals surface area contributed by atoms with E-state index < -0.39 is 0 Å². The number of phenols is 1. The van der Waals surface area contributed by atoms with Crippen molar-refractivity contribution in [1.82, 2.24) is 5.32 Å². The van der Waals surface area contributed by atoms with Crippen molar-refractivity contribution in [2.45, 2.75) is 31.7 Å². The number of carbonyl (C=O) groups is 1. The number of hydrogen-bond donors (Lipinski definition) is 2. The second-order valence-electron chi connectivity index (χ2n) is 4.83. The molecule has 1 aliphatic rings. The highest BCUT2D eigenvalue weighted by molar-refractivity contribution is 9.09. The van der Waals surface area contributed by atoms with Crippen LogP contribution in [0.15, 0.2) is 24.3 Å². The Labute approximate surface area is 116 Å². The van der Waals surface area contributed by atoms with E-state index in [9.17, 15) is 9.90 Å². The summed E-state index contributed by atoms with van der Waals surface area (Å²) in [6, 6.07) is 6.72. The highest BCUT2D eigenvalue weighted by Gasteiger charge is 2.25. The van der Waals surface area contributed by atoms with Gasteiger partial charge in [-0.2, -0.15) is 0 Å². The van der Waals surface area contributed by atoms with Crippen LogP contribution in [0.2, 0.25) is 0 Å². The zero-order chi connectivity index (χ0) is 13.0. The zero-order valence-electron chi connectivity index (χ0n) is 10.2. The zero-order valence-corrected chi connectivity index (χ0v) is 11.8. The Kier molecular flexibility index (Phi) is 4.64. The van der Waals surface area contributed by atoms with Gasteiger partial charge in [0, 0.05) is 16.9 Å². The summed E-state index contributed by atoms with van der Waals surface area (Å²) in [5, 5.41) is 13.4. The molecule has 0 heterocycles. The van der Waals surface area contributed by atoms with Crippen LogP contribution in [0, 0.1) is 5.92 Å². The van der Waals surface area contributed by atoms with Gasteiger partial charge in [-0.1, -0.05) is 34.8 Å². The number of phenolic OH excluding ortho intramolecular Hbond substituents is 1. The molecule has 2 rings (SSSR count). The van der Waals surface area contributed by atoms with E-state index in [4.69, 9.17) is 0 Å². The molecule has 2 unspecified atom stereocenters. The molecule has 3 nitrogen and oxygen atoms in total. The lowest BCUT2D eigenvalue weighted by atomic mass is 9.86. The molecule has 1 aromatic rings. The lowest BCUT2D eigenvalue weighted by Crippen LogP contribution is -2.42. The van der Waals surface area contributed by atoms with Crippen molar-refractivity contribution in [3.8, 4) is 5.75 Å². The molecule has 18 heavy (non-hydrogen) atoms. The maximum Gasteiger partial charge on any atom is 0.251 e. The Hall–Kier alpha value is -1.03. The minimum absolute atomic E-state index is 0.0938. The van der Waals surface area contributed by atoms with Crippen LogP contribution in [0.4, 0.5) is 0 Å². The molecule has 0 saturated heterocycles. The lowest BCUT2D eigenvalue weighted by molar-refractivity contribution is 0.0911. The minimum atomic E-state index is -0.0938. The summed E-state index contributed by atoms with van der Waals surface area (Å²) in [5.41, 5.74) is 0.522. The van der Waals surface area contributed by atoms with Crippen LogP contribution in [0.1, 0.15) is 36.0 Å². The normalized spacial score (nSPS) is 23.6. The Morgan fingerprint density at radius 1 is 1.39 bits per heavy atom. The molecular weight excluding hydrogens is 294 g/mol. The van der Waals surface area contributed by atoms with E-state index in [0.29, 0.717) is 11.5 Å². The van der Waals surface area contributed by atoms with Crippen LogP contribution in [0.3, 0.4) is 0 Å². The molecular formula is C14H18BrNO2. The van der Waals surface area contributed by atoms with Crippen molar-refractivity contribution in [1.29, 1.82) is 0 Å². The average Bonchev–Trinajstić information content (AvgIpc) is 2.39. The van der Waals surface area contributed by atoms with E-state index in [-0.39, 0.29) is 17.7 Å². The summed E-state index contributed by atoms with van der Waals surface area (Å²) < 4.78 is 0. The number of aromatic hydroxyl groups is 1. The standard InChI is InChI=1S/C14H18BrNO2/c15-9-11-4-1-2-7-13(11)16-14(18)10-5-3-6-12(17)8-10/h3,5-6,8,11,13,17H,1-2,4,7,9H2,(H,16,18). The highest BCUT2D eigenvalue weighted by Crippen LogP contribution is 2.26. The van der Waals surface area contributed by atoms with Crippen LogP contribution in [0.25, 0.3) is 0 Å². The van der Waals surface area contributed by atoms with E-state index in [0.717, 1.165) is 18.2 Å². The Balaban J connectivity index is 2.02. The molecule has 0 spiro atoms. The maximum absolute atomic E-state index is 12.1. The number of benzene rings is 1. The van der Waals surface area contributed by atoms with Gasteiger partial charge in [0.25, 0.3) is 5.91 Å². The third-order valence-electron chi connectivity index (χ3n) is 3.53. The van der Waals surface area contributed by atoms with Gasteiger partial charge in [0.15, 0.2) is 0 Å². The van der Waals surface area contributed by atoms with Gasteiger partial charge < -0.3 is 10.4 Å². The summed E-state index contributed by atoms with van der Waals surface area (Å²) in [5.74, 6) is 0.548. The number of amides is 1. The van der Waals surface area contributed by atoms with Crippen molar-refractivity contribution < 1.29 is 9.90 Å². The van der Waals surface area contributed by atoms with E-state index >= 15 is 0 Å². The predicted octanol–water partition coefficient (Wildman–Crippen LogP) is 3.08. The molecule has 4 heteroatoms. The summed E-state index contributed by atoms with van der Waals surface area (Å²) in [6.45, 7) is 0. The first-order valence-electron chi connectivity index (χ1n) is 6.36. The van der Waals surface area contributed by atoms with Crippen LogP contribution >= 0.6 is 15.9 Å². The first-order chi connectivity index (χ1) is 8.70. The largest absolute Gasteiger partial charge is 0.508 e. The fraction of sp³-hybridized carbons (Fsp3) is 0.500. The van der Waals surface area contributed by atoms with Gasteiger partial charge in [-0.05, 0) is 37.0 Å². The highest BCUT2D eigenvalue weighted by atomic mass is 79.9. The van der Waals surface area contributed by atoms with Crippen LogP contribution in [-0.2, 0) is 0 Å².